The van der Waals surface area contributed by atoms with Crippen molar-refractivity contribution in [2.24, 2.45) is 0 Å². The minimum Gasteiger partial charge on any atom is -0.493 e. The molecular formula is C16H24N2O. The molecule has 0 bridgehead atoms. The normalized spacial score (nSPS) is 23.4. The molecule has 0 aliphatic carbocycles. The summed E-state index contributed by atoms with van der Waals surface area (Å²) in [6.45, 7) is 5.78. The van der Waals surface area contributed by atoms with Crippen LogP contribution in [0.5, 0.6) is 5.75 Å². The van der Waals surface area contributed by atoms with E-state index >= 15 is 0 Å². The minimum absolute atomic E-state index is 0.521. The molecular weight excluding hydrogens is 236 g/mol. The highest BCUT2D eigenvalue weighted by molar-refractivity contribution is 5.37. The molecule has 1 fully saturated rings. The summed E-state index contributed by atoms with van der Waals surface area (Å²) < 4.78 is 5.74. The van der Waals surface area contributed by atoms with Crippen LogP contribution >= 0.6 is 0 Å². The predicted molar refractivity (Wildman–Crippen MR) is 77.6 cm³/mol. The van der Waals surface area contributed by atoms with E-state index in [0.717, 1.165) is 25.3 Å². The van der Waals surface area contributed by atoms with Crippen molar-refractivity contribution >= 4 is 0 Å². The topological polar surface area (TPSA) is 15.7 Å². The summed E-state index contributed by atoms with van der Waals surface area (Å²) in [4.78, 5) is 5.08. The van der Waals surface area contributed by atoms with Crippen LogP contribution in [0.2, 0.25) is 0 Å². The molecule has 3 heteroatoms. The number of likely N-dealkylation sites (tertiary alicyclic amines) is 1. The van der Waals surface area contributed by atoms with E-state index in [1.165, 1.54) is 38.0 Å². The van der Waals surface area contributed by atoms with Crippen molar-refractivity contribution in [2.45, 2.75) is 25.3 Å². The Morgan fingerprint density at radius 3 is 2.89 bits per heavy atom. The summed E-state index contributed by atoms with van der Waals surface area (Å²) in [5, 5.41) is 0. The van der Waals surface area contributed by atoms with E-state index in [2.05, 4.69) is 41.1 Å². The van der Waals surface area contributed by atoms with Crippen LogP contribution in [-0.2, 0) is 0 Å². The molecule has 0 unspecified atom stereocenters. The van der Waals surface area contributed by atoms with E-state index in [1.807, 2.05) is 0 Å². The van der Waals surface area contributed by atoms with Gasteiger partial charge in [0.1, 0.15) is 5.75 Å². The molecule has 0 spiro atoms. The third-order valence-electron chi connectivity index (χ3n) is 4.43. The monoisotopic (exact) mass is 260 g/mol. The van der Waals surface area contributed by atoms with E-state index in [9.17, 15) is 0 Å². The van der Waals surface area contributed by atoms with E-state index < -0.39 is 0 Å². The van der Waals surface area contributed by atoms with Crippen LogP contribution in [0, 0.1) is 0 Å². The Balaban J connectivity index is 1.62. The molecule has 1 aromatic rings. The Labute approximate surface area is 116 Å². The number of para-hydroxylation sites is 1. The van der Waals surface area contributed by atoms with Gasteiger partial charge in [0, 0.05) is 31.1 Å². The van der Waals surface area contributed by atoms with Crippen molar-refractivity contribution in [3.8, 4) is 5.75 Å². The number of hydrogen-bond acceptors (Lipinski definition) is 3. The van der Waals surface area contributed by atoms with Gasteiger partial charge >= 0.3 is 0 Å². The smallest absolute Gasteiger partial charge is 0.124 e. The summed E-state index contributed by atoms with van der Waals surface area (Å²) in [6.07, 6.45) is 3.86. The maximum Gasteiger partial charge on any atom is 0.124 e. The second-order valence-electron chi connectivity index (χ2n) is 5.72. The number of likely N-dealkylation sites (N-methyl/N-ethyl adjacent to an activating group) is 1. The van der Waals surface area contributed by atoms with Crippen molar-refractivity contribution in [2.75, 3.05) is 39.8 Å². The van der Waals surface area contributed by atoms with Gasteiger partial charge in [-0.3, -0.25) is 4.90 Å². The average Bonchev–Trinajstić information content (AvgIpc) is 2.97. The van der Waals surface area contributed by atoms with Crippen LogP contribution in [0.15, 0.2) is 24.3 Å². The fourth-order valence-corrected chi connectivity index (χ4v) is 3.24. The zero-order valence-corrected chi connectivity index (χ0v) is 11.8. The highest BCUT2D eigenvalue weighted by atomic mass is 16.5. The largest absolute Gasteiger partial charge is 0.493 e. The van der Waals surface area contributed by atoms with Crippen molar-refractivity contribution in [1.29, 1.82) is 0 Å². The summed E-state index contributed by atoms with van der Waals surface area (Å²) in [5.41, 5.74) is 1.36. The van der Waals surface area contributed by atoms with E-state index in [-0.39, 0.29) is 0 Å². The molecule has 104 valence electrons. The first kappa shape index (κ1) is 12.9. The molecule has 2 aliphatic rings. The third-order valence-corrected chi connectivity index (χ3v) is 4.43. The van der Waals surface area contributed by atoms with Gasteiger partial charge in [-0.15, -0.1) is 0 Å². The third kappa shape index (κ3) is 2.93. The Bertz CT molecular complexity index is 415. The molecule has 0 aromatic heterocycles. The lowest BCUT2D eigenvalue weighted by Gasteiger charge is -2.34. The Hall–Kier alpha value is -1.06. The Kier molecular flexibility index (Phi) is 4.04. The Morgan fingerprint density at radius 1 is 1.26 bits per heavy atom. The molecule has 0 saturated carbocycles. The lowest BCUT2D eigenvalue weighted by molar-refractivity contribution is 0.152. The number of benzene rings is 1. The quantitative estimate of drug-likeness (QED) is 0.827. The van der Waals surface area contributed by atoms with Crippen molar-refractivity contribution in [3.63, 3.8) is 0 Å². The number of rotatable bonds is 4. The number of hydrogen-bond donors (Lipinski definition) is 0. The molecule has 2 aliphatic heterocycles. The van der Waals surface area contributed by atoms with Gasteiger partial charge in [-0.25, -0.2) is 0 Å². The number of ether oxygens (including phenoxy) is 1. The first-order valence-electron chi connectivity index (χ1n) is 7.49. The molecule has 0 N–H and O–H groups in total. The van der Waals surface area contributed by atoms with Gasteiger partial charge in [-0.1, -0.05) is 18.2 Å². The van der Waals surface area contributed by atoms with Gasteiger partial charge in [0.2, 0.25) is 0 Å². The standard InChI is InChI=1S/C16H24N2O/c1-17(11-12-18-9-4-5-10-18)15-8-13-19-16-7-3-2-6-14(15)16/h2-3,6-7,15H,4-5,8-13H2,1H3/t15-/m0/s1. The molecule has 2 heterocycles. The molecule has 3 nitrogen and oxygen atoms in total. The van der Waals surface area contributed by atoms with Crippen LogP contribution < -0.4 is 4.74 Å². The number of fused-ring (bicyclic) bond motifs is 1. The molecule has 1 atom stereocenters. The van der Waals surface area contributed by atoms with E-state index in [4.69, 9.17) is 4.74 Å². The first-order chi connectivity index (χ1) is 9.34. The summed E-state index contributed by atoms with van der Waals surface area (Å²) >= 11 is 0. The minimum atomic E-state index is 0.521. The molecule has 1 saturated heterocycles. The van der Waals surface area contributed by atoms with Gasteiger partial charge < -0.3 is 9.64 Å². The maximum absolute atomic E-state index is 5.74. The van der Waals surface area contributed by atoms with Crippen LogP contribution in [0.1, 0.15) is 30.9 Å². The average molecular weight is 260 g/mol. The van der Waals surface area contributed by atoms with Gasteiger partial charge in [0.25, 0.3) is 0 Å². The van der Waals surface area contributed by atoms with Gasteiger partial charge in [-0.05, 0) is 39.0 Å². The van der Waals surface area contributed by atoms with Crippen molar-refractivity contribution in [3.05, 3.63) is 29.8 Å². The predicted octanol–water partition coefficient (Wildman–Crippen LogP) is 2.54. The number of nitrogens with zero attached hydrogens (tertiary/aromatic N) is 2. The summed E-state index contributed by atoms with van der Waals surface area (Å²) in [5.74, 6) is 1.08. The maximum atomic E-state index is 5.74. The molecule has 0 amide bonds. The first-order valence-corrected chi connectivity index (χ1v) is 7.49. The van der Waals surface area contributed by atoms with Crippen LogP contribution in [0.4, 0.5) is 0 Å². The summed E-state index contributed by atoms with van der Waals surface area (Å²) in [7, 11) is 2.25. The van der Waals surface area contributed by atoms with Crippen LogP contribution in [0.25, 0.3) is 0 Å². The van der Waals surface area contributed by atoms with Crippen LogP contribution in [-0.4, -0.2) is 49.6 Å². The molecule has 3 rings (SSSR count). The second kappa shape index (κ2) is 5.93. The van der Waals surface area contributed by atoms with E-state index in [0.29, 0.717) is 6.04 Å². The SMILES string of the molecule is CN(CCN1CCCC1)[C@H]1CCOc2ccccc21. The van der Waals surface area contributed by atoms with Gasteiger partial charge in [-0.2, -0.15) is 0 Å². The zero-order chi connectivity index (χ0) is 13.1. The zero-order valence-electron chi connectivity index (χ0n) is 11.8. The molecule has 1 aromatic carbocycles. The lowest BCUT2D eigenvalue weighted by atomic mass is 9.99. The second-order valence-corrected chi connectivity index (χ2v) is 5.72. The van der Waals surface area contributed by atoms with Crippen molar-refractivity contribution < 1.29 is 4.74 Å². The van der Waals surface area contributed by atoms with Gasteiger partial charge in [0.05, 0.1) is 6.61 Å². The fraction of sp³-hybridized carbons (Fsp3) is 0.625. The lowest BCUT2D eigenvalue weighted by Crippen LogP contribution is -2.35. The Morgan fingerprint density at radius 2 is 2.05 bits per heavy atom. The van der Waals surface area contributed by atoms with Crippen LogP contribution in [0.3, 0.4) is 0 Å². The summed E-state index contributed by atoms with van der Waals surface area (Å²) in [6, 6.07) is 9.01. The highest BCUT2D eigenvalue weighted by Crippen LogP contribution is 2.34. The van der Waals surface area contributed by atoms with Crippen molar-refractivity contribution in [1.82, 2.24) is 9.80 Å². The fourth-order valence-electron chi connectivity index (χ4n) is 3.24. The van der Waals surface area contributed by atoms with Gasteiger partial charge in [0.15, 0.2) is 0 Å². The molecule has 19 heavy (non-hydrogen) atoms. The van der Waals surface area contributed by atoms with E-state index in [1.54, 1.807) is 0 Å². The highest BCUT2D eigenvalue weighted by Gasteiger charge is 2.24. The molecule has 0 radical (unpaired) electrons.